The normalized spacial score (nSPS) is 16.8. The van der Waals surface area contributed by atoms with E-state index in [2.05, 4.69) is 5.10 Å². The fourth-order valence-electron chi connectivity index (χ4n) is 3.80. The second-order valence-electron chi connectivity index (χ2n) is 7.05. The summed E-state index contributed by atoms with van der Waals surface area (Å²) in [5, 5.41) is 6.14. The number of aryl methyl sites for hydroxylation is 1. The molecule has 1 aromatic carbocycles. The molecule has 0 spiro atoms. The first-order chi connectivity index (χ1) is 12.6. The Balaban J connectivity index is 1.81. The Labute approximate surface area is 156 Å². The molecule has 0 bridgehead atoms. The van der Waals surface area contributed by atoms with Crippen molar-refractivity contribution in [2.75, 3.05) is 13.1 Å². The zero-order chi connectivity index (χ0) is 18.3. The Bertz CT molecular complexity index is 1030. The second kappa shape index (κ2) is 6.83. The number of carbonyl (C=O) groups excluding carboxylic acids is 1. The summed E-state index contributed by atoms with van der Waals surface area (Å²) in [6.45, 7) is 5.26. The van der Waals surface area contributed by atoms with Crippen LogP contribution in [0.5, 0.6) is 0 Å². The van der Waals surface area contributed by atoms with Crippen molar-refractivity contribution in [1.82, 2.24) is 14.7 Å². The summed E-state index contributed by atoms with van der Waals surface area (Å²) in [6, 6.07) is 7.34. The summed E-state index contributed by atoms with van der Waals surface area (Å²) in [4.78, 5) is 28.1. The Kier molecular flexibility index (Phi) is 4.53. The first-order valence-corrected chi connectivity index (χ1v) is 10.1. The van der Waals surface area contributed by atoms with Crippen molar-refractivity contribution in [1.29, 1.82) is 0 Å². The summed E-state index contributed by atoms with van der Waals surface area (Å²) < 4.78 is 3.39. The predicted octanol–water partition coefficient (Wildman–Crippen LogP) is 3.88. The average molecular weight is 369 g/mol. The molecule has 136 valence electrons. The van der Waals surface area contributed by atoms with Crippen LogP contribution in [-0.4, -0.2) is 33.7 Å². The molecule has 1 amide bonds. The van der Waals surface area contributed by atoms with Crippen molar-refractivity contribution in [3.63, 3.8) is 0 Å². The second-order valence-corrected chi connectivity index (χ2v) is 8.11. The predicted molar refractivity (Wildman–Crippen MR) is 106 cm³/mol. The van der Waals surface area contributed by atoms with Gasteiger partial charge in [-0.3, -0.25) is 9.59 Å². The summed E-state index contributed by atoms with van der Waals surface area (Å²) in [5.41, 5.74) is 0.634. The Hall–Kier alpha value is -2.21. The maximum absolute atomic E-state index is 13.2. The van der Waals surface area contributed by atoms with Gasteiger partial charge in [-0.15, -0.1) is 11.3 Å². The van der Waals surface area contributed by atoms with Crippen LogP contribution in [0, 0.1) is 6.92 Å². The molecule has 1 saturated heterocycles. The quantitative estimate of drug-likeness (QED) is 0.689. The molecule has 0 radical (unpaired) electrons. The molecule has 4 rings (SSSR count). The number of hydrogen-bond donors (Lipinski definition) is 0. The molecule has 1 fully saturated rings. The van der Waals surface area contributed by atoms with Gasteiger partial charge in [-0.2, -0.15) is 5.10 Å². The van der Waals surface area contributed by atoms with Gasteiger partial charge in [-0.1, -0.05) is 31.0 Å². The molecule has 0 N–H and O–H groups in total. The molecule has 1 aliphatic rings. The third kappa shape index (κ3) is 2.82. The van der Waals surface area contributed by atoms with Crippen molar-refractivity contribution >= 4 is 37.4 Å². The number of nitrogens with zero attached hydrogens (tertiary/aromatic N) is 3. The highest BCUT2D eigenvalue weighted by molar-refractivity contribution is 7.26. The van der Waals surface area contributed by atoms with Gasteiger partial charge in [0.15, 0.2) is 0 Å². The van der Waals surface area contributed by atoms with E-state index in [1.165, 1.54) is 17.5 Å². The first-order valence-electron chi connectivity index (χ1n) is 9.27. The third-order valence-corrected chi connectivity index (χ3v) is 6.53. The van der Waals surface area contributed by atoms with Gasteiger partial charge in [0.1, 0.15) is 6.04 Å². The number of hydrogen-bond acceptors (Lipinski definition) is 4. The lowest BCUT2D eigenvalue weighted by atomic mass is 10.2. The summed E-state index contributed by atoms with van der Waals surface area (Å²) in [7, 11) is 0. The molecule has 1 atom stereocenters. The number of rotatable bonds is 2. The van der Waals surface area contributed by atoms with E-state index in [-0.39, 0.29) is 11.5 Å². The minimum Gasteiger partial charge on any atom is -0.341 e. The summed E-state index contributed by atoms with van der Waals surface area (Å²) >= 11 is 1.59. The number of aromatic nitrogens is 2. The van der Waals surface area contributed by atoms with Gasteiger partial charge in [0.2, 0.25) is 5.91 Å². The van der Waals surface area contributed by atoms with Crippen LogP contribution in [0.25, 0.3) is 20.2 Å². The van der Waals surface area contributed by atoms with E-state index in [9.17, 15) is 9.59 Å². The lowest BCUT2D eigenvalue weighted by Crippen LogP contribution is -2.40. The van der Waals surface area contributed by atoms with Gasteiger partial charge in [-0.25, -0.2) is 4.68 Å². The lowest BCUT2D eigenvalue weighted by molar-refractivity contribution is -0.134. The van der Waals surface area contributed by atoms with Gasteiger partial charge in [-0.05, 0) is 32.8 Å². The molecule has 0 unspecified atom stereocenters. The Morgan fingerprint density at radius 2 is 1.85 bits per heavy atom. The topological polar surface area (TPSA) is 55.2 Å². The zero-order valence-corrected chi connectivity index (χ0v) is 16.0. The number of amides is 1. The van der Waals surface area contributed by atoms with E-state index in [0.717, 1.165) is 46.4 Å². The maximum atomic E-state index is 13.2. The largest absolute Gasteiger partial charge is 0.341 e. The number of carbonyl (C=O) groups is 1. The van der Waals surface area contributed by atoms with Crippen molar-refractivity contribution in [2.24, 2.45) is 0 Å². The van der Waals surface area contributed by atoms with Crippen LogP contribution in [0.2, 0.25) is 0 Å². The van der Waals surface area contributed by atoms with Crippen LogP contribution in [0.4, 0.5) is 0 Å². The number of benzene rings is 1. The van der Waals surface area contributed by atoms with E-state index in [0.29, 0.717) is 5.39 Å². The highest BCUT2D eigenvalue weighted by atomic mass is 32.1. The summed E-state index contributed by atoms with van der Waals surface area (Å²) in [6.07, 6.45) is 4.41. The molecule has 3 aromatic rings. The minimum atomic E-state index is -0.581. The lowest BCUT2D eigenvalue weighted by Gasteiger charge is -2.24. The number of thiophene rings is 1. The van der Waals surface area contributed by atoms with Gasteiger partial charge in [0.05, 0.1) is 15.8 Å². The first kappa shape index (κ1) is 17.2. The van der Waals surface area contributed by atoms with Crippen LogP contribution in [0.15, 0.2) is 29.1 Å². The molecule has 0 aliphatic carbocycles. The van der Waals surface area contributed by atoms with E-state index < -0.39 is 6.04 Å². The average Bonchev–Trinajstić information content (AvgIpc) is 2.84. The van der Waals surface area contributed by atoms with Crippen LogP contribution >= 0.6 is 11.3 Å². The Morgan fingerprint density at radius 3 is 2.58 bits per heavy atom. The third-order valence-electron chi connectivity index (χ3n) is 5.25. The van der Waals surface area contributed by atoms with E-state index in [1.807, 2.05) is 36.1 Å². The van der Waals surface area contributed by atoms with E-state index in [4.69, 9.17) is 0 Å². The van der Waals surface area contributed by atoms with Crippen molar-refractivity contribution in [3.8, 4) is 0 Å². The standard InChI is InChI=1S/C20H23N3O2S/c1-13-18-17(15-9-5-6-10-16(15)26-18)20(25)23(21-13)14(2)19(24)22-11-7-3-4-8-12-22/h5-6,9-10,14H,3-4,7-8,11-12H2,1-2H3/t14-/m0/s1. The molecule has 26 heavy (non-hydrogen) atoms. The maximum Gasteiger partial charge on any atom is 0.276 e. The molecule has 1 aliphatic heterocycles. The van der Waals surface area contributed by atoms with Gasteiger partial charge < -0.3 is 4.90 Å². The van der Waals surface area contributed by atoms with Crippen molar-refractivity contribution in [3.05, 3.63) is 40.3 Å². The molecular weight excluding hydrogens is 346 g/mol. The van der Waals surface area contributed by atoms with Crippen LogP contribution in [-0.2, 0) is 4.79 Å². The van der Waals surface area contributed by atoms with Crippen molar-refractivity contribution < 1.29 is 4.79 Å². The molecule has 0 saturated carbocycles. The molecule has 3 heterocycles. The fourth-order valence-corrected chi connectivity index (χ4v) is 4.94. The highest BCUT2D eigenvalue weighted by Gasteiger charge is 2.26. The van der Waals surface area contributed by atoms with Crippen LogP contribution in [0.1, 0.15) is 44.3 Å². The van der Waals surface area contributed by atoms with Gasteiger partial charge in [0, 0.05) is 23.2 Å². The van der Waals surface area contributed by atoms with Crippen LogP contribution in [0.3, 0.4) is 0 Å². The molecule has 5 nitrogen and oxygen atoms in total. The number of likely N-dealkylation sites (tertiary alicyclic amines) is 1. The van der Waals surface area contributed by atoms with Gasteiger partial charge in [0.25, 0.3) is 5.56 Å². The van der Waals surface area contributed by atoms with Crippen molar-refractivity contribution in [2.45, 2.75) is 45.6 Å². The highest BCUT2D eigenvalue weighted by Crippen LogP contribution is 2.33. The van der Waals surface area contributed by atoms with E-state index >= 15 is 0 Å². The molecular formula is C20H23N3O2S. The Morgan fingerprint density at radius 1 is 1.15 bits per heavy atom. The summed E-state index contributed by atoms with van der Waals surface area (Å²) in [5.74, 6) is -0.000199. The SMILES string of the molecule is Cc1nn([C@@H](C)C(=O)N2CCCCCC2)c(=O)c2c1sc1ccccc12. The molecule has 2 aromatic heterocycles. The minimum absolute atomic E-state index is 0.000199. The van der Waals surface area contributed by atoms with Crippen LogP contribution < -0.4 is 5.56 Å². The zero-order valence-electron chi connectivity index (χ0n) is 15.2. The smallest absolute Gasteiger partial charge is 0.276 e. The number of fused-ring (bicyclic) bond motifs is 3. The fraction of sp³-hybridized carbons (Fsp3) is 0.450. The molecule has 6 heteroatoms. The van der Waals surface area contributed by atoms with Gasteiger partial charge >= 0.3 is 0 Å². The van der Waals surface area contributed by atoms with E-state index in [1.54, 1.807) is 18.3 Å². The monoisotopic (exact) mass is 369 g/mol.